The summed E-state index contributed by atoms with van der Waals surface area (Å²) in [5.74, 6) is 0.365. The lowest BCUT2D eigenvalue weighted by Gasteiger charge is -2.06. The lowest BCUT2D eigenvalue weighted by Crippen LogP contribution is -2.10. The van der Waals surface area contributed by atoms with Crippen molar-refractivity contribution in [1.29, 1.82) is 0 Å². The number of furan rings is 1. The summed E-state index contributed by atoms with van der Waals surface area (Å²) in [6.07, 6.45) is 0. The van der Waals surface area contributed by atoms with Crippen LogP contribution in [0, 0.1) is 10.1 Å². The summed E-state index contributed by atoms with van der Waals surface area (Å²) >= 11 is 3.21. The van der Waals surface area contributed by atoms with Crippen LogP contribution in [0.4, 0.5) is 11.4 Å². The number of nitro benzene ring substituents is 1. The van der Waals surface area contributed by atoms with Crippen LogP contribution in [0.15, 0.2) is 44.3 Å². The molecule has 21 heavy (non-hydrogen) atoms. The summed E-state index contributed by atoms with van der Waals surface area (Å²) in [7, 11) is -3.87. The molecule has 0 atom stereocenters. The molecule has 0 fully saturated rings. The van der Waals surface area contributed by atoms with Crippen LogP contribution in [0.3, 0.4) is 0 Å². The van der Waals surface area contributed by atoms with Crippen LogP contribution in [-0.4, -0.2) is 13.3 Å². The molecule has 0 radical (unpaired) electrons. The molecule has 1 aromatic carbocycles. The van der Waals surface area contributed by atoms with Crippen LogP contribution in [0.5, 0.6) is 0 Å². The molecule has 1 aromatic heterocycles. The third-order valence-corrected chi connectivity index (χ3v) is 3.97. The molecule has 0 aliphatic heterocycles. The third-order valence-electron chi connectivity index (χ3n) is 2.53. The topological polar surface area (TPSA) is 128 Å². The second-order valence-electron chi connectivity index (χ2n) is 4.04. The van der Waals surface area contributed by atoms with Crippen LogP contribution in [0.1, 0.15) is 5.76 Å². The van der Waals surface area contributed by atoms with Gasteiger partial charge in [-0.2, -0.15) is 0 Å². The van der Waals surface area contributed by atoms with Gasteiger partial charge in [-0.25, -0.2) is 13.6 Å². The number of nitrogens with zero attached hydrogens (tertiary/aromatic N) is 1. The number of nitrogens with two attached hydrogens (primary N) is 1. The smallest absolute Gasteiger partial charge is 0.271 e. The van der Waals surface area contributed by atoms with Crippen LogP contribution in [0.25, 0.3) is 0 Å². The van der Waals surface area contributed by atoms with E-state index in [1.807, 2.05) is 0 Å². The lowest BCUT2D eigenvalue weighted by atomic mass is 10.3. The number of benzene rings is 1. The fourth-order valence-electron chi connectivity index (χ4n) is 1.55. The van der Waals surface area contributed by atoms with Crippen molar-refractivity contribution in [3.05, 3.63) is 50.7 Å². The molecule has 0 unspecified atom stereocenters. The Morgan fingerprint density at radius 1 is 1.33 bits per heavy atom. The number of halogens is 1. The molecule has 2 rings (SSSR count). The quantitative estimate of drug-likeness (QED) is 0.608. The van der Waals surface area contributed by atoms with Crippen molar-refractivity contribution in [1.82, 2.24) is 0 Å². The Labute approximate surface area is 128 Å². The highest BCUT2D eigenvalue weighted by molar-refractivity contribution is 9.10. The fourth-order valence-corrected chi connectivity index (χ4v) is 2.54. The van der Waals surface area contributed by atoms with Crippen LogP contribution >= 0.6 is 15.9 Å². The molecule has 112 valence electrons. The molecule has 0 saturated carbocycles. The number of primary sulfonamides is 1. The zero-order valence-electron chi connectivity index (χ0n) is 10.4. The molecule has 10 heteroatoms. The molecular weight excluding hydrogens is 366 g/mol. The minimum atomic E-state index is -3.87. The zero-order valence-corrected chi connectivity index (χ0v) is 12.8. The fraction of sp³-hybridized carbons (Fsp3) is 0.0909. The molecule has 0 amide bonds. The third kappa shape index (κ3) is 3.80. The summed E-state index contributed by atoms with van der Waals surface area (Å²) in [6, 6.07) is 6.99. The van der Waals surface area contributed by atoms with Gasteiger partial charge in [-0.15, -0.1) is 0 Å². The SMILES string of the molecule is NS(=O)(=O)c1ccc(CNc2ccc([N+](=O)[O-])cc2Br)o1. The number of nitro groups is 1. The van der Waals surface area contributed by atoms with Gasteiger partial charge in [-0.1, -0.05) is 0 Å². The lowest BCUT2D eigenvalue weighted by molar-refractivity contribution is -0.384. The first-order valence-corrected chi connectivity index (χ1v) is 7.90. The second kappa shape index (κ2) is 5.84. The minimum absolute atomic E-state index is 0.0399. The van der Waals surface area contributed by atoms with Crippen LogP contribution in [-0.2, 0) is 16.6 Å². The first-order valence-electron chi connectivity index (χ1n) is 5.56. The molecule has 0 spiro atoms. The van der Waals surface area contributed by atoms with Crippen molar-refractivity contribution in [3.8, 4) is 0 Å². The summed E-state index contributed by atoms with van der Waals surface area (Å²) in [4.78, 5) is 10.1. The van der Waals surface area contributed by atoms with Crippen molar-refractivity contribution in [2.24, 2.45) is 5.14 Å². The van der Waals surface area contributed by atoms with Gasteiger partial charge in [-0.3, -0.25) is 10.1 Å². The van der Waals surface area contributed by atoms with Gasteiger partial charge in [0.25, 0.3) is 15.7 Å². The van der Waals surface area contributed by atoms with Crippen molar-refractivity contribution < 1.29 is 17.8 Å². The minimum Gasteiger partial charge on any atom is -0.446 e. The predicted octanol–water partition coefficient (Wildman–Crippen LogP) is 2.21. The van der Waals surface area contributed by atoms with Crippen LogP contribution in [0.2, 0.25) is 0 Å². The molecule has 0 saturated heterocycles. The van der Waals surface area contributed by atoms with E-state index in [1.165, 1.54) is 30.3 Å². The molecule has 1 heterocycles. The Balaban J connectivity index is 2.10. The molecule has 0 aliphatic rings. The highest BCUT2D eigenvalue weighted by Crippen LogP contribution is 2.27. The molecule has 0 bridgehead atoms. The van der Waals surface area contributed by atoms with E-state index >= 15 is 0 Å². The number of non-ortho nitro benzene ring substituents is 1. The van der Waals surface area contributed by atoms with E-state index < -0.39 is 14.9 Å². The Morgan fingerprint density at radius 3 is 2.57 bits per heavy atom. The number of rotatable bonds is 5. The average Bonchev–Trinajstić information content (AvgIpc) is 2.85. The maximum absolute atomic E-state index is 11.1. The number of nitrogens with one attached hydrogen (secondary N) is 1. The first kappa shape index (κ1) is 15.5. The van der Waals surface area contributed by atoms with E-state index in [-0.39, 0.29) is 17.3 Å². The monoisotopic (exact) mass is 375 g/mol. The molecular formula is C11H10BrN3O5S. The average molecular weight is 376 g/mol. The highest BCUT2D eigenvalue weighted by atomic mass is 79.9. The van der Waals surface area contributed by atoms with Crippen LogP contribution < -0.4 is 10.5 Å². The Morgan fingerprint density at radius 2 is 2.05 bits per heavy atom. The van der Waals surface area contributed by atoms with Crippen molar-refractivity contribution in [2.45, 2.75) is 11.6 Å². The van der Waals surface area contributed by atoms with Gasteiger partial charge in [-0.05, 0) is 34.1 Å². The summed E-state index contributed by atoms with van der Waals surface area (Å²) in [5.41, 5.74) is 0.566. The number of sulfonamides is 1. The molecule has 8 nitrogen and oxygen atoms in total. The van der Waals surface area contributed by atoms with Gasteiger partial charge in [0.15, 0.2) is 0 Å². The molecule has 2 aromatic rings. The van der Waals surface area contributed by atoms with E-state index in [2.05, 4.69) is 21.2 Å². The van der Waals surface area contributed by atoms with E-state index in [0.29, 0.717) is 15.9 Å². The van der Waals surface area contributed by atoms with Gasteiger partial charge < -0.3 is 9.73 Å². The van der Waals surface area contributed by atoms with Gasteiger partial charge in [0.2, 0.25) is 5.09 Å². The normalized spacial score (nSPS) is 11.3. The Hall–Kier alpha value is -1.91. The summed E-state index contributed by atoms with van der Waals surface area (Å²) in [6.45, 7) is 0.200. The molecule has 3 N–H and O–H groups in total. The molecule has 0 aliphatic carbocycles. The second-order valence-corrected chi connectivity index (χ2v) is 6.39. The van der Waals surface area contributed by atoms with Gasteiger partial charge >= 0.3 is 0 Å². The van der Waals surface area contributed by atoms with Crippen molar-refractivity contribution in [2.75, 3.05) is 5.32 Å². The summed E-state index contributed by atoms with van der Waals surface area (Å²) < 4.78 is 27.7. The summed E-state index contributed by atoms with van der Waals surface area (Å²) in [5, 5.41) is 18.2. The number of anilines is 1. The van der Waals surface area contributed by atoms with Gasteiger partial charge in [0.05, 0.1) is 11.5 Å². The maximum atomic E-state index is 11.1. The van der Waals surface area contributed by atoms with Crippen molar-refractivity contribution >= 4 is 37.3 Å². The van der Waals surface area contributed by atoms with E-state index in [1.54, 1.807) is 0 Å². The van der Waals surface area contributed by atoms with E-state index in [9.17, 15) is 18.5 Å². The van der Waals surface area contributed by atoms with Gasteiger partial charge in [0.1, 0.15) is 5.76 Å². The number of hydrogen-bond donors (Lipinski definition) is 2. The Kier molecular flexibility index (Phi) is 4.30. The van der Waals surface area contributed by atoms with Gasteiger partial charge in [0, 0.05) is 22.3 Å². The number of hydrogen-bond acceptors (Lipinski definition) is 6. The first-order chi connectivity index (χ1) is 9.77. The standard InChI is InChI=1S/C11H10BrN3O5S/c12-9-5-7(15(16)17)1-3-10(9)14-6-8-2-4-11(20-8)21(13,18)19/h1-5,14H,6H2,(H2,13,18,19). The largest absolute Gasteiger partial charge is 0.446 e. The van der Waals surface area contributed by atoms with E-state index in [4.69, 9.17) is 9.56 Å². The van der Waals surface area contributed by atoms with Crippen molar-refractivity contribution in [3.63, 3.8) is 0 Å². The van der Waals surface area contributed by atoms with E-state index in [0.717, 1.165) is 0 Å². The highest BCUT2D eigenvalue weighted by Gasteiger charge is 2.14. The Bertz CT molecular complexity index is 787. The zero-order chi connectivity index (χ0) is 15.6. The predicted molar refractivity (Wildman–Crippen MR) is 78.2 cm³/mol. The maximum Gasteiger partial charge on any atom is 0.271 e.